The zero-order valence-electron chi connectivity index (χ0n) is 19.7. The summed E-state index contributed by atoms with van der Waals surface area (Å²) in [6.45, 7) is 0. The van der Waals surface area contributed by atoms with E-state index in [4.69, 9.17) is 0 Å². The van der Waals surface area contributed by atoms with Crippen molar-refractivity contribution in [3.63, 3.8) is 0 Å². The second-order valence-electron chi connectivity index (χ2n) is 9.74. The normalized spacial score (nSPS) is 16.9. The number of allylic oxidation sites excluding steroid dienone is 1. The number of fused-ring (bicyclic) bond motifs is 4. The first-order valence-electron chi connectivity index (χ1n) is 11.8. The molecular weight excluding hydrogens is 637 g/mol. The number of nitrogens with zero attached hydrogens (tertiary/aromatic N) is 1. The number of para-hydroxylation sites is 2. The third kappa shape index (κ3) is 3.24. The van der Waals surface area contributed by atoms with Gasteiger partial charge in [0.2, 0.25) is 0 Å². The van der Waals surface area contributed by atoms with Crippen LogP contribution in [0.1, 0.15) is 25.2 Å². The molecule has 3 nitrogen and oxygen atoms in total. The third-order valence-electron chi connectivity index (χ3n) is 7.33. The number of Topliss-reactive ketones (excluding diaryl/α,β-unsaturated/α-hetero) is 2. The fourth-order valence-corrected chi connectivity index (χ4v) is 15.5. The van der Waals surface area contributed by atoms with Gasteiger partial charge in [0.05, 0.1) is 0 Å². The zero-order chi connectivity index (χ0) is 24.6. The Labute approximate surface area is 223 Å². The summed E-state index contributed by atoms with van der Waals surface area (Å²) in [5.74, 6) is 4.67. The Morgan fingerprint density at radius 3 is 2.11 bits per heavy atom. The Morgan fingerprint density at radius 1 is 0.778 bits per heavy atom. The van der Waals surface area contributed by atoms with Crippen LogP contribution in [0.5, 0.6) is 0 Å². The maximum absolute atomic E-state index is 13.2. The van der Waals surface area contributed by atoms with Crippen LogP contribution in [0.15, 0.2) is 89.4 Å². The number of carbonyl (C=O) groups excluding carboxylic acids is 2. The number of ketones is 2. The summed E-state index contributed by atoms with van der Waals surface area (Å²) < 4.78 is 6.45. The van der Waals surface area contributed by atoms with Crippen LogP contribution in [0, 0.1) is 0 Å². The summed E-state index contributed by atoms with van der Waals surface area (Å²) >= 11 is -2.20. The van der Waals surface area contributed by atoms with Gasteiger partial charge in [-0.25, -0.2) is 0 Å². The van der Waals surface area contributed by atoms with Gasteiger partial charge in [0.25, 0.3) is 0 Å². The summed E-state index contributed by atoms with van der Waals surface area (Å²) in [7, 11) is 0. The molecular formula is C30H21GeNO2Se2. The molecule has 2 aliphatic rings. The van der Waals surface area contributed by atoms with Crippen molar-refractivity contribution in [1.82, 2.24) is 0 Å². The molecule has 7 rings (SSSR count). The van der Waals surface area contributed by atoms with Gasteiger partial charge in [-0.15, -0.1) is 0 Å². The van der Waals surface area contributed by atoms with Crippen molar-refractivity contribution >= 4 is 94.3 Å². The molecule has 1 aliphatic heterocycles. The first-order chi connectivity index (χ1) is 17.4. The van der Waals surface area contributed by atoms with Crippen molar-refractivity contribution in [2.24, 2.45) is 0 Å². The molecule has 0 bridgehead atoms. The number of benzene rings is 3. The average molecular weight is 658 g/mol. The van der Waals surface area contributed by atoms with Gasteiger partial charge in [-0.3, -0.25) is 0 Å². The predicted octanol–water partition coefficient (Wildman–Crippen LogP) is 5.02. The van der Waals surface area contributed by atoms with Gasteiger partial charge in [0.15, 0.2) is 0 Å². The van der Waals surface area contributed by atoms with E-state index < -0.39 is 13.3 Å². The van der Waals surface area contributed by atoms with Crippen molar-refractivity contribution in [3.05, 3.63) is 105 Å². The molecule has 0 saturated carbocycles. The van der Waals surface area contributed by atoms with Crippen LogP contribution in [-0.2, 0) is 0 Å². The molecule has 6 heteroatoms. The van der Waals surface area contributed by atoms with Gasteiger partial charge < -0.3 is 0 Å². The molecule has 3 aromatic carbocycles. The number of hydrogen-bond donors (Lipinski definition) is 0. The van der Waals surface area contributed by atoms with Crippen LogP contribution in [0.4, 0.5) is 15.9 Å². The SMILES string of the molecule is [CH3][Ge]1([CH3])[c]2ccccc2N(c2ccc(/C=C3\C(=O)c4cc5cc[se]c5cc4C3=O)[se]2)c2cccc[c]21. The van der Waals surface area contributed by atoms with Gasteiger partial charge in [-0.1, -0.05) is 0 Å². The fraction of sp³-hybridized carbons (Fsp3) is 0.0667. The first kappa shape index (κ1) is 22.5. The Balaban J connectivity index is 1.32. The molecule has 3 heterocycles. The summed E-state index contributed by atoms with van der Waals surface area (Å²) in [6, 6.07) is 27.8. The minimum atomic E-state index is -2.42. The summed E-state index contributed by atoms with van der Waals surface area (Å²) in [5.41, 5.74) is 3.99. The molecule has 2 aromatic heterocycles. The molecule has 0 unspecified atom stereocenters. The second-order valence-corrected chi connectivity index (χ2v) is 23.1. The standard InChI is InChI=1S/C30H21GeNO2Se2/c1-31(2)23-7-3-5-9-25(23)32(26-10-6-4-8-24(26)31)28-12-11-19(36-28)16-22-29(33)20-15-18-13-14-35-27(18)17-21(20)30(22)34/h3-17H,1-2H3/b22-16+. The van der Waals surface area contributed by atoms with Crippen molar-refractivity contribution in [1.29, 1.82) is 0 Å². The molecule has 0 spiro atoms. The molecule has 36 heavy (non-hydrogen) atoms. The number of rotatable bonds is 2. The molecule has 0 saturated heterocycles. The van der Waals surface area contributed by atoms with Crippen molar-refractivity contribution in [2.75, 3.05) is 4.90 Å². The van der Waals surface area contributed by atoms with Gasteiger partial charge in [0, 0.05) is 0 Å². The van der Waals surface area contributed by atoms with Crippen molar-refractivity contribution in [2.45, 2.75) is 11.5 Å². The molecule has 0 amide bonds. The number of carbonyl (C=O) groups is 2. The Hall–Kier alpha value is -2.66. The number of hydrogen-bond acceptors (Lipinski definition) is 3. The van der Waals surface area contributed by atoms with E-state index in [0.29, 0.717) is 16.7 Å². The summed E-state index contributed by atoms with van der Waals surface area (Å²) in [6.07, 6.45) is 1.85. The molecule has 0 radical (unpaired) electrons. The van der Waals surface area contributed by atoms with Crippen LogP contribution in [0.25, 0.3) is 15.7 Å². The molecule has 0 fully saturated rings. The van der Waals surface area contributed by atoms with Gasteiger partial charge in [0.1, 0.15) is 0 Å². The summed E-state index contributed by atoms with van der Waals surface area (Å²) in [5, 5.41) is 1.08. The van der Waals surface area contributed by atoms with E-state index in [9.17, 15) is 9.59 Å². The fourth-order valence-electron chi connectivity index (χ4n) is 5.50. The molecule has 174 valence electrons. The third-order valence-corrected chi connectivity index (χ3v) is 18.7. The molecule has 0 N–H and O–H groups in total. The average Bonchev–Trinajstić information content (AvgIpc) is 3.59. The van der Waals surface area contributed by atoms with E-state index in [1.165, 1.54) is 29.0 Å². The van der Waals surface area contributed by atoms with Crippen LogP contribution < -0.4 is 13.7 Å². The Kier molecular flexibility index (Phi) is 5.12. The van der Waals surface area contributed by atoms with E-state index in [2.05, 4.69) is 88.1 Å². The van der Waals surface area contributed by atoms with Gasteiger partial charge in [-0.2, -0.15) is 0 Å². The first-order valence-corrected chi connectivity index (χ1v) is 21.7. The van der Waals surface area contributed by atoms with Gasteiger partial charge >= 0.3 is 225 Å². The van der Waals surface area contributed by atoms with Crippen LogP contribution in [0.2, 0.25) is 11.5 Å². The second kappa shape index (κ2) is 8.17. The number of anilines is 3. The van der Waals surface area contributed by atoms with Crippen LogP contribution in [-0.4, -0.2) is 53.8 Å². The van der Waals surface area contributed by atoms with Crippen molar-refractivity contribution < 1.29 is 9.59 Å². The van der Waals surface area contributed by atoms with Crippen LogP contribution >= 0.6 is 0 Å². The van der Waals surface area contributed by atoms with E-state index >= 15 is 0 Å². The topological polar surface area (TPSA) is 37.4 Å². The molecule has 1 aliphatic carbocycles. The quantitative estimate of drug-likeness (QED) is 0.152. The van der Waals surface area contributed by atoms with Crippen LogP contribution in [0.3, 0.4) is 0 Å². The van der Waals surface area contributed by atoms with Crippen molar-refractivity contribution in [3.8, 4) is 0 Å². The van der Waals surface area contributed by atoms with E-state index in [0.717, 1.165) is 9.82 Å². The van der Waals surface area contributed by atoms with E-state index in [1.807, 2.05) is 18.2 Å². The minimum absolute atomic E-state index is 0.0232. The predicted molar refractivity (Wildman–Crippen MR) is 152 cm³/mol. The van der Waals surface area contributed by atoms with E-state index in [1.54, 1.807) is 0 Å². The maximum atomic E-state index is 13.2. The Morgan fingerprint density at radius 2 is 1.42 bits per heavy atom. The monoisotopic (exact) mass is 661 g/mol. The van der Waals surface area contributed by atoms with E-state index in [-0.39, 0.29) is 40.6 Å². The van der Waals surface area contributed by atoms with Gasteiger partial charge in [-0.05, 0) is 0 Å². The Bertz CT molecular complexity index is 1670. The molecule has 5 aromatic rings. The molecule has 0 atom stereocenters. The zero-order valence-corrected chi connectivity index (χ0v) is 25.3. The summed E-state index contributed by atoms with van der Waals surface area (Å²) in [4.78, 5) is 31.0.